The summed E-state index contributed by atoms with van der Waals surface area (Å²) in [6, 6.07) is 2.26. The van der Waals surface area contributed by atoms with Crippen LogP contribution in [-0.2, 0) is 16.1 Å². The van der Waals surface area contributed by atoms with Crippen molar-refractivity contribution in [3.8, 4) is 17.2 Å². The Morgan fingerprint density at radius 1 is 1.17 bits per heavy atom. The number of fused-ring (bicyclic) bond motifs is 5. The number of ketones is 1. The number of carbonyl (C=O) groups is 2. The van der Waals surface area contributed by atoms with Crippen LogP contribution in [0.15, 0.2) is 24.3 Å². The van der Waals surface area contributed by atoms with Gasteiger partial charge in [-0.1, -0.05) is 33.7 Å². The number of carbonyl (C=O) groups excluding carboxylic acids is 2. The number of aliphatic hydroxyl groups is 6. The van der Waals surface area contributed by atoms with E-state index >= 15 is 0 Å². The molecule has 4 bridgehead atoms. The zero-order chi connectivity index (χ0) is 33.5. The molecule has 0 spiro atoms. The van der Waals surface area contributed by atoms with E-state index in [9.17, 15) is 45.3 Å². The van der Waals surface area contributed by atoms with Gasteiger partial charge in [0, 0.05) is 47.4 Å². The van der Waals surface area contributed by atoms with Gasteiger partial charge in [0.2, 0.25) is 6.29 Å². The minimum Gasteiger partial charge on any atom is -0.506 e. The number of nitrogens with two attached hydrogens (primary N) is 1. The first-order valence-electron chi connectivity index (χ1n) is 14.8. The van der Waals surface area contributed by atoms with E-state index in [4.69, 9.17) is 19.9 Å². The normalized spacial score (nSPS) is 35.1. The highest BCUT2D eigenvalue weighted by molar-refractivity contribution is 8.76. The standard InChI is InChI=1S/C31H39NO12S2/c1-13-7-16-17(11-35)21(42-2)9-22-24(16)25(37)23(13)20(36)8-14(10-34)46-45-12-18-15(4-6-33)19(32)3-5-31(18,41)29-27(39)26(38)28(40)30(43-22)44-29/h3,5-7,9,14-15,18-19,26-30,34-35,37-41H,4,8,10-12,32H2,1-2H3/t14-,15-,18?,19-,26+,27+,28-,29-,30+,31+/m1/s1. The first-order chi connectivity index (χ1) is 21.9. The maximum Gasteiger partial charge on any atom is 0.229 e. The van der Waals surface area contributed by atoms with Crippen LogP contribution in [0.5, 0.6) is 17.2 Å². The van der Waals surface area contributed by atoms with Gasteiger partial charge < -0.3 is 60.5 Å². The number of phenolic OH excluding ortho intramolecular Hbond substituents is 1. The number of rotatable bonds is 5. The van der Waals surface area contributed by atoms with E-state index in [0.29, 0.717) is 11.8 Å². The molecule has 1 saturated heterocycles. The van der Waals surface area contributed by atoms with Crippen molar-refractivity contribution in [2.45, 2.75) is 74.0 Å². The third-order valence-corrected chi connectivity index (χ3v) is 12.0. The molecule has 9 N–H and O–H groups in total. The number of aromatic hydroxyl groups is 1. The average Bonchev–Trinajstić information content (AvgIpc) is 3.02. The van der Waals surface area contributed by atoms with Gasteiger partial charge in [-0.05, 0) is 29.9 Å². The average molecular weight is 682 g/mol. The lowest BCUT2D eigenvalue weighted by atomic mass is 9.66. The maximum atomic E-state index is 13.7. The number of aryl methyl sites for hydroxylation is 1. The summed E-state index contributed by atoms with van der Waals surface area (Å²) in [6.07, 6.45) is -5.55. The van der Waals surface area contributed by atoms with E-state index in [-0.39, 0.29) is 58.6 Å². The molecule has 13 nitrogen and oxygen atoms in total. The van der Waals surface area contributed by atoms with Crippen molar-refractivity contribution in [1.82, 2.24) is 0 Å². The molecule has 5 rings (SSSR count). The zero-order valence-electron chi connectivity index (χ0n) is 25.2. The van der Waals surface area contributed by atoms with Gasteiger partial charge in [0.1, 0.15) is 53.6 Å². The minimum atomic E-state index is -2.03. The molecule has 3 aliphatic rings. The van der Waals surface area contributed by atoms with Gasteiger partial charge >= 0.3 is 0 Å². The second-order valence-corrected chi connectivity index (χ2v) is 14.6. The van der Waals surface area contributed by atoms with Crippen LogP contribution in [0.3, 0.4) is 0 Å². The molecule has 2 aliphatic heterocycles. The Morgan fingerprint density at radius 2 is 1.91 bits per heavy atom. The molecular formula is C31H39NO12S2. The summed E-state index contributed by atoms with van der Waals surface area (Å²) >= 11 is 0. The number of ether oxygens (including phenoxy) is 3. The van der Waals surface area contributed by atoms with Crippen molar-refractivity contribution in [3.63, 3.8) is 0 Å². The van der Waals surface area contributed by atoms with Crippen LogP contribution in [0.2, 0.25) is 0 Å². The Kier molecular flexibility index (Phi) is 10.6. The molecule has 2 heterocycles. The fraction of sp³-hybridized carbons (Fsp3) is 0.548. The topological polar surface area (TPSA) is 229 Å². The third-order valence-electron chi connectivity index (χ3n) is 9.18. The van der Waals surface area contributed by atoms with Crippen LogP contribution in [0, 0.1) is 18.8 Å². The van der Waals surface area contributed by atoms with E-state index in [0.717, 1.165) is 0 Å². The van der Waals surface area contributed by atoms with Crippen molar-refractivity contribution in [2.75, 3.05) is 19.5 Å². The first-order valence-corrected chi connectivity index (χ1v) is 17.2. The summed E-state index contributed by atoms with van der Waals surface area (Å²) < 4.78 is 17.6. The SMILES string of the molecule is COc1cc2c3c(O)c(c(C)cc3c1CO)C(=O)C[C@H](CO)SSCC1[C@@H](CC=O)[C@H](N)C=C[C@@]1(O)[C@@H]1O[C@H](O2)[C@H](O)[C@@H](O)[C@@H]1O. The van der Waals surface area contributed by atoms with Crippen molar-refractivity contribution in [1.29, 1.82) is 0 Å². The van der Waals surface area contributed by atoms with Crippen LogP contribution >= 0.6 is 21.6 Å². The molecule has 1 aliphatic carbocycles. The lowest BCUT2D eigenvalue weighted by molar-refractivity contribution is -0.305. The number of Topliss-reactive ketones (excluding diaryl/α,β-unsaturated/α-hetero) is 1. The molecule has 15 heteroatoms. The van der Waals surface area contributed by atoms with Crippen LogP contribution in [0.25, 0.3) is 10.8 Å². The second kappa shape index (κ2) is 14.0. The molecular weight excluding hydrogens is 642 g/mol. The lowest BCUT2D eigenvalue weighted by Gasteiger charge is -2.51. The van der Waals surface area contributed by atoms with E-state index in [1.54, 1.807) is 13.0 Å². The summed E-state index contributed by atoms with van der Waals surface area (Å²) in [7, 11) is 3.75. The zero-order valence-corrected chi connectivity index (χ0v) is 26.8. The van der Waals surface area contributed by atoms with Gasteiger partial charge in [0.15, 0.2) is 5.78 Å². The number of aldehydes is 1. The molecule has 0 amide bonds. The first kappa shape index (κ1) is 34.9. The van der Waals surface area contributed by atoms with E-state index in [1.165, 1.54) is 46.9 Å². The lowest BCUT2D eigenvalue weighted by Crippen LogP contribution is -2.69. The van der Waals surface area contributed by atoms with Gasteiger partial charge in [-0.3, -0.25) is 4.79 Å². The van der Waals surface area contributed by atoms with Gasteiger partial charge in [0.25, 0.3) is 0 Å². The molecule has 0 saturated carbocycles. The molecule has 0 aromatic heterocycles. The Labute approximate surface area is 272 Å². The number of hydrogen-bond donors (Lipinski definition) is 8. The quantitative estimate of drug-likeness (QED) is 0.121. The Balaban J connectivity index is 1.73. The number of aliphatic hydroxyl groups excluding tert-OH is 5. The Bertz CT molecular complexity index is 1510. The number of hydrogen-bond acceptors (Lipinski definition) is 15. The van der Waals surface area contributed by atoms with Crippen molar-refractivity contribution >= 4 is 44.4 Å². The monoisotopic (exact) mass is 681 g/mol. The van der Waals surface area contributed by atoms with Crippen molar-refractivity contribution in [3.05, 3.63) is 41.0 Å². The van der Waals surface area contributed by atoms with Gasteiger partial charge in [-0.2, -0.15) is 0 Å². The minimum absolute atomic E-state index is 0.0207. The third kappa shape index (κ3) is 6.02. The van der Waals surface area contributed by atoms with E-state index in [1.807, 2.05) is 0 Å². The summed E-state index contributed by atoms with van der Waals surface area (Å²) in [5, 5.41) is 77.1. The molecule has 46 heavy (non-hydrogen) atoms. The summed E-state index contributed by atoms with van der Waals surface area (Å²) in [5.41, 5.74) is 4.93. The van der Waals surface area contributed by atoms with E-state index < -0.39 is 77.6 Å². The largest absolute Gasteiger partial charge is 0.506 e. The fourth-order valence-corrected chi connectivity index (χ4v) is 9.58. The van der Waals surface area contributed by atoms with Crippen LogP contribution < -0.4 is 15.2 Å². The maximum absolute atomic E-state index is 13.7. The van der Waals surface area contributed by atoms with Gasteiger partial charge in [-0.15, -0.1) is 0 Å². The summed E-state index contributed by atoms with van der Waals surface area (Å²) in [6.45, 7) is 0.720. The predicted octanol–water partition coefficient (Wildman–Crippen LogP) is 0.319. The molecule has 252 valence electrons. The van der Waals surface area contributed by atoms with Crippen LogP contribution in [0.1, 0.15) is 34.3 Å². The van der Waals surface area contributed by atoms with Crippen molar-refractivity contribution < 1.29 is 59.5 Å². The van der Waals surface area contributed by atoms with E-state index in [2.05, 4.69) is 0 Å². The predicted molar refractivity (Wildman–Crippen MR) is 170 cm³/mol. The highest BCUT2D eigenvalue weighted by Crippen LogP contribution is 2.48. The van der Waals surface area contributed by atoms with Crippen molar-refractivity contribution in [2.24, 2.45) is 17.6 Å². The number of phenols is 1. The molecule has 2 aromatic carbocycles. The Morgan fingerprint density at radius 3 is 2.57 bits per heavy atom. The van der Waals surface area contributed by atoms with Crippen LogP contribution in [0.4, 0.5) is 0 Å². The smallest absolute Gasteiger partial charge is 0.229 e. The molecule has 0 radical (unpaired) electrons. The van der Waals surface area contributed by atoms with Crippen LogP contribution in [-0.4, -0.2) is 115 Å². The highest BCUT2D eigenvalue weighted by Gasteiger charge is 2.58. The summed E-state index contributed by atoms with van der Waals surface area (Å²) in [5.74, 6) is -2.30. The number of methoxy groups -OCH3 is 1. The van der Waals surface area contributed by atoms with Gasteiger partial charge in [0.05, 0.1) is 31.3 Å². The highest BCUT2D eigenvalue weighted by atomic mass is 33.1. The summed E-state index contributed by atoms with van der Waals surface area (Å²) in [4.78, 5) is 25.4. The second-order valence-electron chi connectivity index (χ2n) is 11.9. The molecule has 10 atom stereocenters. The Hall–Kier alpha value is -2.44. The molecule has 2 aromatic rings. The molecule has 1 fully saturated rings. The van der Waals surface area contributed by atoms with Gasteiger partial charge in [-0.25, -0.2) is 0 Å². The fourth-order valence-electron chi connectivity index (χ4n) is 6.73. The number of benzene rings is 2. The molecule has 1 unspecified atom stereocenters.